The number of halogens is 3. The number of alkyl halides is 3. The van der Waals surface area contributed by atoms with Crippen molar-refractivity contribution in [2.75, 3.05) is 0 Å². The van der Waals surface area contributed by atoms with Crippen LogP contribution in [0.4, 0.5) is 8.78 Å². The first-order chi connectivity index (χ1) is 6.56. The third-order valence-corrected chi connectivity index (χ3v) is 1.90. The fourth-order valence-electron chi connectivity index (χ4n) is 0.970. The molecule has 0 aliphatic heterocycles. The molecule has 0 saturated heterocycles. The van der Waals surface area contributed by atoms with Gasteiger partial charge in [0.05, 0.1) is 17.1 Å². The summed E-state index contributed by atoms with van der Waals surface area (Å²) in [5.41, 5.74) is 4.57. The number of amides is 1. The summed E-state index contributed by atoms with van der Waals surface area (Å²) in [6.07, 6.45) is -1.85. The molecule has 3 nitrogen and oxygen atoms in total. The van der Waals surface area contributed by atoms with Crippen LogP contribution in [-0.4, -0.2) is 10.9 Å². The molecule has 2 N–H and O–H groups in total. The van der Waals surface area contributed by atoms with Crippen molar-refractivity contribution < 1.29 is 13.6 Å². The number of hydrogen-bond donors (Lipinski definition) is 1. The van der Waals surface area contributed by atoms with Gasteiger partial charge in [0.25, 0.3) is 6.43 Å². The summed E-state index contributed by atoms with van der Waals surface area (Å²) in [6.45, 7) is 0. The fourth-order valence-corrected chi connectivity index (χ4v) is 1.12. The van der Waals surface area contributed by atoms with Gasteiger partial charge >= 0.3 is 0 Å². The number of hydrogen-bond acceptors (Lipinski definition) is 2. The summed E-state index contributed by atoms with van der Waals surface area (Å²) >= 11 is 5.43. The molecule has 6 heteroatoms. The van der Waals surface area contributed by atoms with Crippen LogP contribution in [0.25, 0.3) is 0 Å². The van der Waals surface area contributed by atoms with E-state index in [4.69, 9.17) is 17.3 Å². The van der Waals surface area contributed by atoms with Gasteiger partial charge in [-0.1, -0.05) is 0 Å². The second-order valence-electron chi connectivity index (χ2n) is 2.56. The number of primary amides is 1. The number of carbonyl (C=O) groups is 1. The molecular formula is C8H7ClF2N2O. The largest absolute Gasteiger partial charge is 0.366 e. The Balaban J connectivity index is 3.24. The lowest BCUT2D eigenvalue weighted by atomic mass is 10.1. The van der Waals surface area contributed by atoms with Crippen molar-refractivity contribution in [3.05, 3.63) is 29.1 Å². The van der Waals surface area contributed by atoms with Crippen molar-refractivity contribution in [3.8, 4) is 0 Å². The number of nitrogens with zero attached hydrogens (tertiary/aromatic N) is 1. The maximum Gasteiger partial charge on any atom is 0.266 e. The Morgan fingerprint density at radius 1 is 1.64 bits per heavy atom. The lowest BCUT2D eigenvalue weighted by Gasteiger charge is -2.05. The molecule has 0 aromatic carbocycles. The highest BCUT2D eigenvalue weighted by atomic mass is 35.5. The average molecular weight is 221 g/mol. The van der Waals surface area contributed by atoms with Gasteiger partial charge in [0.2, 0.25) is 5.91 Å². The molecular weight excluding hydrogens is 214 g/mol. The van der Waals surface area contributed by atoms with Gasteiger partial charge in [0.1, 0.15) is 0 Å². The van der Waals surface area contributed by atoms with Crippen molar-refractivity contribution in [2.45, 2.75) is 12.3 Å². The lowest BCUT2D eigenvalue weighted by molar-refractivity contribution is 0.0985. The first-order valence-corrected chi connectivity index (χ1v) is 4.22. The number of rotatable bonds is 3. The molecule has 1 amide bonds. The Bertz CT molecular complexity index is 357. The third-order valence-electron chi connectivity index (χ3n) is 1.63. The topological polar surface area (TPSA) is 56.0 Å². The monoisotopic (exact) mass is 220 g/mol. The van der Waals surface area contributed by atoms with E-state index in [2.05, 4.69) is 4.98 Å². The molecule has 0 aliphatic carbocycles. The van der Waals surface area contributed by atoms with E-state index >= 15 is 0 Å². The smallest absolute Gasteiger partial charge is 0.266 e. The van der Waals surface area contributed by atoms with Crippen molar-refractivity contribution in [1.82, 2.24) is 4.98 Å². The number of nitrogens with two attached hydrogens (primary N) is 1. The van der Waals surface area contributed by atoms with Gasteiger partial charge in [0, 0.05) is 11.8 Å². The molecule has 1 rings (SSSR count). The molecule has 1 aromatic heterocycles. The minimum Gasteiger partial charge on any atom is -0.366 e. The molecule has 0 aliphatic rings. The SMILES string of the molecule is NC(=O)c1cc(CCl)ncc1C(F)F. The Labute approximate surface area is 83.9 Å². The normalized spacial score (nSPS) is 10.6. The van der Waals surface area contributed by atoms with E-state index in [1.54, 1.807) is 0 Å². The second-order valence-corrected chi connectivity index (χ2v) is 2.83. The molecule has 0 bridgehead atoms. The summed E-state index contributed by atoms with van der Waals surface area (Å²) in [6, 6.07) is 1.18. The first kappa shape index (κ1) is 10.8. The van der Waals surface area contributed by atoms with Gasteiger partial charge < -0.3 is 5.73 Å². The van der Waals surface area contributed by atoms with Gasteiger partial charge in [-0.2, -0.15) is 0 Å². The molecule has 76 valence electrons. The molecule has 0 spiro atoms. The van der Waals surface area contributed by atoms with Gasteiger partial charge in [-0.25, -0.2) is 8.78 Å². The Morgan fingerprint density at radius 3 is 2.71 bits per heavy atom. The van der Waals surface area contributed by atoms with Crippen LogP contribution in [0.1, 0.15) is 28.0 Å². The van der Waals surface area contributed by atoms with E-state index in [0.29, 0.717) is 5.69 Å². The Kier molecular flexibility index (Phi) is 3.35. The van der Waals surface area contributed by atoms with Crippen LogP contribution < -0.4 is 5.73 Å². The van der Waals surface area contributed by atoms with E-state index in [0.717, 1.165) is 6.20 Å². The predicted octanol–water partition coefficient (Wildman–Crippen LogP) is 1.86. The van der Waals surface area contributed by atoms with Crippen LogP contribution in [0.15, 0.2) is 12.3 Å². The molecule has 0 fully saturated rings. The third kappa shape index (κ3) is 2.17. The van der Waals surface area contributed by atoms with Gasteiger partial charge in [-0.05, 0) is 6.07 Å². The lowest BCUT2D eigenvalue weighted by Crippen LogP contribution is -2.15. The molecule has 14 heavy (non-hydrogen) atoms. The predicted molar refractivity (Wildman–Crippen MR) is 47.3 cm³/mol. The molecule has 1 aromatic rings. The fraction of sp³-hybridized carbons (Fsp3) is 0.250. The molecule has 0 unspecified atom stereocenters. The van der Waals surface area contributed by atoms with E-state index in [-0.39, 0.29) is 11.4 Å². The highest BCUT2D eigenvalue weighted by molar-refractivity contribution is 6.17. The van der Waals surface area contributed by atoms with Crippen molar-refractivity contribution in [3.63, 3.8) is 0 Å². The summed E-state index contributed by atoms with van der Waals surface area (Å²) in [4.78, 5) is 14.5. The zero-order chi connectivity index (χ0) is 10.7. The Hall–Kier alpha value is -1.23. The minimum absolute atomic E-state index is 0.0454. The van der Waals surface area contributed by atoms with Crippen LogP contribution in [0.5, 0.6) is 0 Å². The minimum atomic E-state index is -2.77. The summed E-state index contributed by atoms with van der Waals surface area (Å²) in [5.74, 6) is -0.863. The summed E-state index contributed by atoms with van der Waals surface area (Å²) < 4.78 is 24.7. The van der Waals surface area contributed by atoms with E-state index < -0.39 is 17.9 Å². The van der Waals surface area contributed by atoms with E-state index in [1.165, 1.54) is 6.07 Å². The van der Waals surface area contributed by atoms with Gasteiger partial charge in [-0.3, -0.25) is 9.78 Å². The Morgan fingerprint density at radius 2 is 2.29 bits per heavy atom. The molecule has 1 heterocycles. The van der Waals surface area contributed by atoms with Crippen molar-refractivity contribution >= 4 is 17.5 Å². The molecule has 0 radical (unpaired) electrons. The van der Waals surface area contributed by atoms with Crippen LogP contribution in [-0.2, 0) is 5.88 Å². The maximum absolute atomic E-state index is 12.3. The molecule has 0 atom stereocenters. The van der Waals surface area contributed by atoms with Crippen molar-refractivity contribution in [2.24, 2.45) is 5.73 Å². The number of carbonyl (C=O) groups excluding carboxylic acids is 1. The van der Waals surface area contributed by atoms with E-state index in [1.807, 2.05) is 0 Å². The van der Waals surface area contributed by atoms with Crippen LogP contribution >= 0.6 is 11.6 Å². The molecule has 0 saturated carbocycles. The van der Waals surface area contributed by atoms with Gasteiger partial charge in [0.15, 0.2) is 0 Å². The standard InChI is InChI=1S/C8H7ClF2N2O/c9-2-4-1-5(8(12)14)6(3-13-4)7(10)11/h1,3,7H,2H2,(H2,12,14). The highest BCUT2D eigenvalue weighted by Crippen LogP contribution is 2.22. The van der Waals surface area contributed by atoms with E-state index in [9.17, 15) is 13.6 Å². The summed E-state index contributed by atoms with van der Waals surface area (Å²) in [5, 5.41) is 0. The van der Waals surface area contributed by atoms with Gasteiger partial charge in [-0.15, -0.1) is 11.6 Å². The van der Waals surface area contributed by atoms with Crippen LogP contribution in [0.3, 0.4) is 0 Å². The first-order valence-electron chi connectivity index (χ1n) is 3.69. The zero-order valence-electron chi connectivity index (χ0n) is 7.01. The zero-order valence-corrected chi connectivity index (χ0v) is 7.76. The number of aromatic nitrogens is 1. The van der Waals surface area contributed by atoms with Crippen molar-refractivity contribution in [1.29, 1.82) is 0 Å². The highest BCUT2D eigenvalue weighted by Gasteiger charge is 2.17. The summed E-state index contributed by atoms with van der Waals surface area (Å²) in [7, 11) is 0. The quantitative estimate of drug-likeness (QED) is 0.791. The average Bonchev–Trinajstić information content (AvgIpc) is 2.16. The maximum atomic E-state index is 12.3. The van der Waals surface area contributed by atoms with Crippen LogP contribution in [0.2, 0.25) is 0 Å². The number of pyridine rings is 1. The van der Waals surface area contributed by atoms with Crippen LogP contribution in [0, 0.1) is 0 Å². The second kappa shape index (κ2) is 4.32.